The zero-order valence-electron chi connectivity index (χ0n) is 19.3. The van der Waals surface area contributed by atoms with E-state index in [1.54, 1.807) is 21.7 Å². The van der Waals surface area contributed by atoms with Crippen molar-refractivity contribution in [3.05, 3.63) is 90.6 Å². The van der Waals surface area contributed by atoms with Crippen molar-refractivity contribution in [2.75, 3.05) is 13.1 Å². The van der Waals surface area contributed by atoms with Crippen molar-refractivity contribution in [2.24, 2.45) is 5.92 Å². The molecule has 0 unspecified atom stereocenters. The number of nitrogens with zero attached hydrogens (tertiary/aromatic N) is 4. The van der Waals surface area contributed by atoms with Crippen molar-refractivity contribution >= 4 is 17.7 Å². The second-order valence-corrected chi connectivity index (χ2v) is 8.36. The molecule has 0 spiro atoms. The van der Waals surface area contributed by atoms with E-state index in [9.17, 15) is 14.4 Å². The molecule has 1 fully saturated rings. The van der Waals surface area contributed by atoms with Gasteiger partial charge in [0.2, 0.25) is 11.7 Å². The summed E-state index contributed by atoms with van der Waals surface area (Å²) >= 11 is 0. The number of carbonyl (C=O) groups excluding carboxylic acids is 3. The molecule has 0 aliphatic carbocycles. The molecular weight excluding hydrogens is 460 g/mol. The number of hydrogen-bond donors (Lipinski definition) is 2. The summed E-state index contributed by atoms with van der Waals surface area (Å²) in [4.78, 5) is 44.0. The lowest BCUT2D eigenvalue weighted by atomic mass is 9.96. The minimum absolute atomic E-state index is 0.0723. The second-order valence-electron chi connectivity index (χ2n) is 8.36. The first kappa shape index (κ1) is 23.0. The van der Waals surface area contributed by atoms with E-state index < -0.39 is 5.91 Å². The van der Waals surface area contributed by atoms with Gasteiger partial charge in [-0.3, -0.25) is 25.2 Å². The Kier molecular flexibility index (Phi) is 6.57. The zero-order chi connectivity index (χ0) is 24.9. The van der Waals surface area contributed by atoms with Gasteiger partial charge in [0.05, 0.1) is 12.0 Å². The van der Waals surface area contributed by atoms with Gasteiger partial charge < -0.3 is 9.32 Å². The number of carbonyl (C=O) groups is 3. The van der Waals surface area contributed by atoms with E-state index in [1.165, 1.54) is 6.26 Å². The van der Waals surface area contributed by atoms with Crippen LogP contribution in [0.4, 0.5) is 0 Å². The Labute approximate surface area is 206 Å². The highest BCUT2D eigenvalue weighted by atomic mass is 16.3. The Morgan fingerprint density at radius 2 is 1.56 bits per heavy atom. The second kappa shape index (κ2) is 10.3. The highest BCUT2D eigenvalue weighted by Crippen LogP contribution is 2.21. The summed E-state index contributed by atoms with van der Waals surface area (Å²) in [5.74, 6) is -0.756. The molecule has 0 saturated carbocycles. The summed E-state index contributed by atoms with van der Waals surface area (Å²) in [5.41, 5.74) is 6.46. The van der Waals surface area contributed by atoms with E-state index in [2.05, 4.69) is 20.9 Å². The van der Waals surface area contributed by atoms with Gasteiger partial charge in [-0.15, -0.1) is 5.10 Å². The predicted octanol–water partition coefficient (Wildman–Crippen LogP) is 2.84. The smallest absolute Gasteiger partial charge is 0.309 e. The van der Waals surface area contributed by atoms with Crippen LogP contribution in [0.1, 0.15) is 34.0 Å². The maximum Gasteiger partial charge on any atom is 0.309 e. The number of amides is 3. The molecule has 3 amide bonds. The van der Waals surface area contributed by atoms with Gasteiger partial charge in [0.15, 0.2) is 11.6 Å². The molecule has 36 heavy (non-hydrogen) atoms. The summed E-state index contributed by atoms with van der Waals surface area (Å²) < 4.78 is 6.76. The number of hydrogen-bond acceptors (Lipinski definition) is 6. The molecule has 2 N–H and O–H groups in total. The molecule has 3 heterocycles. The number of rotatable bonds is 5. The van der Waals surface area contributed by atoms with Crippen LogP contribution in [0.25, 0.3) is 17.1 Å². The zero-order valence-corrected chi connectivity index (χ0v) is 19.3. The van der Waals surface area contributed by atoms with Gasteiger partial charge in [0.25, 0.3) is 5.91 Å². The fourth-order valence-electron chi connectivity index (χ4n) is 4.11. The first-order valence-corrected chi connectivity index (χ1v) is 11.6. The Morgan fingerprint density at radius 3 is 2.22 bits per heavy atom. The molecule has 10 heteroatoms. The minimum atomic E-state index is -0.624. The quantitative estimate of drug-likeness (QED) is 0.420. The molecule has 1 saturated heterocycles. The Balaban J connectivity index is 1.22. The van der Waals surface area contributed by atoms with Crippen LogP contribution in [-0.4, -0.2) is 50.5 Å². The molecule has 1 aliphatic rings. The molecule has 0 radical (unpaired) electrons. The molecule has 0 bridgehead atoms. The van der Waals surface area contributed by atoms with Crippen LogP contribution < -0.4 is 10.9 Å². The van der Waals surface area contributed by atoms with Crippen molar-refractivity contribution in [1.82, 2.24) is 30.5 Å². The molecule has 182 valence electrons. The molecule has 2 aromatic carbocycles. The van der Waals surface area contributed by atoms with Crippen molar-refractivity contribution in [1.29, 1.82) is 0 Å². The van der Waals surface area contributed by atoms with E-state index in [1.807, 2.05) is 60.7 Å². The first-order chi connectivity index (χ1) is 17.6. The third-order valence-corrected chi connectivity index (χ3v) is 6.03. The number of nitrogens with one attached hydrogen (secondary N) is 2. The van der Waals surface area contributed by atoms with Gasteiger partial charge in [-0.1, -0.05) is 48.5 Å². The standard InChI is InChI=1S/C26H24N6O4/c33-24(19-13-15-31(16-14-19)26(35)21-12-7-17-36-21)28-29-25(34)22-27-23(18-8-3-1-4-9-18)32(30-22)20-10-5-2-6-11-20/h1-12,17,19H,13-16H2,(H,28,33)(H,29,34). The Morgan fingerprint density at radius 1 is 0.861 bits per heavy atom. The lowest BCUT2D eigenvalue weighted by molar-refractivity contribution is -0.127. The highest BCUT2D eigenvalue weighted by molar-refractivity contribution is 5.93. The van der Waals surface area contributed by atoms with E-state index in [-0.39, 0.29) is 29.3 Å². The number of furan rings is 1. The topological polar surface area (TPSA) is 122 Å². The SMILES string of the molecule is O=C(NNC(=O)C1CCN(C(=O)c2ccco2)CC1)c1nc(-c2ccccc2)n(-c2ccccc2)n1. The molecule has 5 rings (SSSR count). The summed E-state index contributed by atoms with van der Waals surface area (Å²) in [5, 5.41) is 4.39. The van der Waals surface area contributed by atoms with Crippen LogP contribution in [0.2, 0.25) is 0 Å². The van der Waals surface area contributed by atoms with Crippen molar-refractivity contribution in [3.8, 4) is 17.1 Å². The number of piperidine rings is 1. The van der Waals surface area contributed by atoms with Gasteiger partial charge in [0, 0.05) is 24.6 Å². The Bertz CT molecular complexity index is 1290. The largest absolute Gasteiger partial charge is 0.459 e. The van der Waals surface area contributed by atoms with Gasteiger partial charge in [-0.05, 0) is 37.1 Å². The van der Waals surface area contributed by atoms with Crippen molar-refractivity contribution in [2.45, 2.75) is 12.8 Å². The van der Waals surface area contributed by atoms with Crippen LogP contribution in [0.5, 0.6) is 0 Å². The summed E-state index contributed by atoms with van der Waals surface area (Å²) in [6.45, 7) is 0.851. The van der Waals surface area contributed by atoms with Gasteiger partial charge in [0.1, 0.15) is 0 Å². The molecule has 2 aromatic heterocycles. The number of benzene rings is 2. The number of likely N-dealkylation sites (tertiary alicyclic amines) is 1. The molecule has 4 aromatic rings. The fourth-order valence-corrected chi connectivity index (χ4v) is 4.11. The third-order valence-electron chi connectivity index (χ3n) is 6.03. The first-order valence-electron chi connectivity index (χ1n) is 11.6. The molecular formula is C26H24N6O4. The molecule has 10 nitrogen and oxygen atoms in total. The maximum absolute atomic E-state index is 12.8. The van der Waals surface area contributed by atoms with Crippen LogP contribution in [0, 0.1) is 5.92 Å². The summed E-state index contributed by atoms with van der Waals surface area (Å²) in [7, 11) is 0. The van der Waals surface area contributed by atoms with Gasteiger partial charge in [-0.2, -0.15) is 0 Å². The molecule has 1 aliphatic heterocycles. The monoisotopic (exact) mass is 484 g/mol. The van der Waals surface area contributed by atoms with Crippen LogP contribution in [-0.2, 0) is 4.79 Å². The van der Waals surface area contributed by atoms with Crippen molar-refractivity contribution in [3.63, 3.8) is 0 Å². The lowest BCUT2D eigenvalue weighted by Gasteiger charge is -2.30. The summed E-state index contributed by atoms with van der Waals surface area (Å²) in [6, 6.07) is 22.1. The number of hydrazine groups is 1. The highest BCUT2D eigenvalue weighted by Gasteiger charge is 2.29. The number of aromatic nitrogens is 3. The van der Waals surface area contributed by atoms with Crippen molar-refractivity contribution < 1.29 is 18.8 Å². The number of para-hydroxylation sites is 1. The third kappa shape index (κ3) is 4.88. The van der Waals surface area contributed by atoms with E-state index >= 15 is 0 Å². The molecule has 0 atom stereocenters. The van der Waals surface area contributed by atoms with Gasteiger partial charge >= 0.3 is 5.91 Å². The fraction of sp³-hybridized carbons (Fsp3) is 0.192. The van der Waals surface area contributed by atoms with E-state index in [4.69, 9.17) is 4.42 Å². The average molecular weight is 485 g/mol. The average Bonchev–Trinajstić information content (AvgIpc) is 3.63. The maximum atomic E-state index is 12.8. The van der Waals surface area contributed by atoms with Crippen LogP contribution in [0.15, 0.2) is 83.5 Å². The predicted molar refractivity (Wildman–Crippen MR) is 130 cm³/mol. The summed E-state index contributed by atoms with van der Waals surface area (Å²) in [6.07, 6.45) is 2.41. The Hall–Kier alpha value is -4.73. The normalized spacial score (nSPS) is 13.8. The van der Waals surface area contributed by atoms with Crippen LogP contribution in [0.3, 0.4) is 0 Å². The minimum Gasteiger partial charge on any atom is -0.459 e. The van der Waals surface area contributed by atoms with E-state index in [0.29, 0.717) is 31.8 Å². The van der Waals surface area contributed by atoms with Gasteiger partial charge in [-0.25, -0.2) is 9.67 Å². The lowest BCUT2D eigenvalue weighted by Crippen LogP contribution is -2.48. The van der Waals surface area contributed by atoms with E-state index in [0.717, 1.165) is 11.3 Å². The van der Waals surface area contributed by atoms with Crippen LogP contribution >= 0.6 is 0 Å².